The second-order valence-electron chi connectivity index (χ2n) is 6.65. The Morgan fingerprint density at radius 1 is 0.815 bits per heavy atom. The van der Waals surface area contributed by atoms with Gasteiger partial charge in [0.05, 0.1) is 16.6 Å². The monoisotopic (exact) mass is 358 g/mol. The van der Waals surface area contributed by atoms with Crippen LogP contribution in [0.25, 0.3) is 43.6 Å². The van der Waals surface area contributed by atoms with Crippen LogP contribution in [-0.2, 0) is 6.54 Å². The van der Waals surface area contributed by atoms with E-state index in [0.29, 0.717) is 44.6 Å². The number of aromatic nitrogens is 2. The van der Waals surface area contributed by atoms with Gasteiger partial charge in [-0.05, 0) is 49.4 Å². The average Bonchev–Trinajstić information content (AvgIpc) is 2.68. The maximum Gasteiger partial charge on any atom is 0.197 e. The SMILES string of the molecule is CCn1c2ccc(F)cc2c(=O)c2cc3[nH]c4ccccc4c(=O)c3cc21. The minimum atomic E-state index is -0.443. The van der Waals surface area contributed by atoms with Crippen LogP contribution in [0.5, 0.6) is 0 Å². The molecule has 0 aliphatic heterocycles. The number of pyridine rings is 2. The molecule has 4 nitrogen and oxygen atoms in total. The van der Waals surface area contributed by atoms with Gasteiger partial charge in [0.2, 0.25) is 0 Å². The Kier molecular flexibility index (Phi) is 3.22. The molecule has 27 heavy (non-hydrogen) atoms. The Hall–Kier alpha value is -3.47. The van der Waals surface area contributed by atoms with E-state index in [4.69, 9.17) is 0 Å². The fourth-order valence-corrected chi connectivity index (χ4v) is 3.91. The van der Waals surface area contributed by atoms with E-state index in [1.54, 1.807) is 24.3 Å². The first kappa shape index (κ1) is 15.8. The van der Waals surface area contributed by atoms with Gasteiger partial charge in [-0.3, -0.25) is 9.59 Å². The summed E-state index contributed by atoms with van der Waals surface area (Å²) in [6.07, 6.45) is 0. The number of nitrogens with one attached hydrogen (secondary N) is 1. The summed E-state index contributed by atoms with van der Waals surface area (Å²) in [5, 5.41) is 1.95. The van der Waals surface area contributed by atoms with Crippen LogP contribution in [0.2, 0.25) is 0 Å². The number of rotatable bonds is 1. The number of hydrogen-bond donors (Lipinski definition) is 1. The molecule has 132 valence electrons. The van der Waals surface area contributed by atoms with E-state index in [1.807, 2.05) is 29.7 Å². The fraction of sp³-hybridized carbons (Fsp3) is 0.0909. The third kappa shape index (κ3) is 2.15. The number of aryl methyl sites for hydroxylation is 1. The molecule has 0 fully saturated rings. The normalized spacial score (nSPS) is 11.8. The first-order valence-corrected chi connectivity index (χ1v) is 8.79. The lowest BCUT2D eigenvalue weighted by atomic mass is 10.0. The number of nitrogens with zero attached hydrogens (tertiary/aromatic N) is 1. The summed E-state index contributed by atoms with van der Waals surface area (Å²) in [5.41, 5.74) is 2.34. The third-order valence-corrected chi connectivity index (χ3v) is 5.17. The zero-order chi connectivity index (χ0) is 18.7. The van der Waals surface area contributed by atoms with Crippen LogP contribution in [0.15, 0.2) is 64.2 Å². The molecule has 0 aliphatic carbocycles. The highest BCUT2D eigenvalue weighted by Gasteiger charge is 2.14. The standard InChI is InChI=1S/C22H15FN2O2/c1-2-25-19-8-7-12(23)9-15(19)22(27)16-10-18-14(11-20(16)25)21(26)13-5-3-4-6-17(13)24-18/h3-11H,2H2,1H3,(H,24,26). The molecule has 0 spiro atoms. The number of para-hydroxylation sites is 1. The van der Waals surface area contributed by atoms with E-state index in [1.165, 1.54) is 12.1 Å². The van der Waals surface area contributed by atoms with Gasteiger partial charge in [-0.25, -0.2) is 4.39 Å². The highest BCUT2D eigenvalue weighted by atomic mass is 19.1. The van der Waals surface area contributed by atoms with Crippen molar-refractivity contribution < 1.29 is 4.39 Å². The minimum Gasteiger partial charge on any atom is -0.354 e. The van der Waals surface area contributed by atoms with Crippen LogP contribution < -0.4 is 10.9 Å². The molecule has 0 saturated carbocycles. The largest absolute Gasteiger partial charge is 0.354 e. The minimum absolute atomic E-state index is 0.0736. The number of fused-ring (bicyclic) bond motifs is 4. The fourth-order valence-electron chi connectivity index (χ4n) is 3.91. The van der Waals surface area contributed by atoms with E-state index in [-0.39, 0.29) is 10.9 Å². The van der Waals surface area contributed by atoms with Crippen molar-refractivity contribution in [3.8, 4) is 0 Å². The molecule has 5 aromatic rings. The number of aromatic amines is 1. The van der Waals surface area contributed by atoms with Crippen molar-refractivity contribution in [3.63, 3.8) is 0 Å². The number of benzene rings is 3. The molecular formula is C22H15FN2O2. The highest BCUT2D eigenvalue weighted by molar-refractivity contribution is 6.03. The molecule has 0 unspecified atom stereocenters. The predicted molar refractivity (Wildman–Crippen MR) is 107 cm³/mol. The molecule has 2 aromatic heterocycles. The summed E-state index contributed by atoms with van der Waals surface area (Å²) in [4.78, 5) is 29.2. The molecular weight excluding hydrogens is 343 g/mol. The first-order valence-electron chi connectivity index (χ1n) is 8.79. The van der Waals surface area contributed by atoms with E-state index >= 15 is 0 Å². The molecule has 2 heterocycles. The second-order valence-corrected chi connectivity index (χ2v) is 6.65. The van der Waals surface area contributed by atoms with Crippen molar-refractivity contribution in [2.24, 2.45) is 0 Å². The van der Waals surface area contributed by atoms with Crippen LogP contribution >= 0.6 is 0 Å². The molecule has 1 N–H and O–H groups in total. The predicted octanol–water partition coefficient (Wildman–Crippen LogP) is 4.31. The Labute approximate surface area is 152 Å². The second kappa shape index (κ2) is 5.51. The highest BCUT2D eigenvalue weighted by Crippen LogP contribution is 2.24. The van der Waals surface area contributed by atoms with Crippen molar-refractivity contribution >= 4 is 43.6 Å². The Bertz CT molecular complexity index is 1510. The quantitative estimate of drug-likeness (QED) is 0.454. The Morgan fingerprint density at radius 2 is 1.56 bits per heavy atom. The van der Waals surface area contributed by atoms with Crippen molar-refractivity contribution in [1.29, 1.82) is 0 Å². The molecule has 0 saturated heterocycles. The molecule has 3 aromatic carbocycles. The smallest absolute Gasteiger partial charge is 0.197 e. The molecule has 5 rings (SSSR count). The molecule has 0 amide bonds. The van der Waals surface area contributed by atoms with Gasteiger partial charge in [-0.15, -0.1) is 0 Å². The van der Waals surface area contributed by atoms with Crippen molar-refractivity contribution in [3.05, 3.63) is 80.9 Å². The van der Waals surface area contributed by atoms with Crippen LogP contribution in [0.1, 0.15) is 6.92 Å². The van der Waals surface area contributed by atoms with Crippen molar-refractivity contribution in [2.45, 2.75) is 13.5 Å². The summed E-state index contributed by atoms with van der Waals surface area (Å²) >= 11 is 0. The van der Waals surface area contributed by atoms with Gasteiger partial charge >= 0.3 is 0 Å². The maximum absolute atomic E-state index is 13.7. The number of hydrogen-bond acceptors (Lipinski definition) is 2. The van der Waals surface area contributed by atoms with Crippen molar-refractivity contribution in [1.82, 2.24) is 9.55 Å². The summed E-state index contributed by atoms with van der Waals surface area (Å²) in [7, 11) is 0. The van der Waals surface area contributed by atoms with Crippen LogP contribution in [0.4, 0.5) is 4.39 Å². The van der Waals surface area contributed by atoms with Gasteiger partial charge in [0, 0.05) is 33.6 Å². The Balaban J connectivity index is 2.07. The zero-order valence-electron chi connectivity index (χ0n) is 14.5. The van der Waals surface area contributed by atoms with Gasteiger partial charge in [0.25, 0.3) is 0 Å². The first-order chi connectivity index (χ1) is 13.1. The Morgan fingerprint density at radius 3 is 2.37 bits per heavy atom. The van der Waals surface area contributed by atoms with E-state index in [0.717, 1.165) is 5.52 Å². The van der Waals surface area contributed by atoms with Gasteiger partial charge in [-0.1, -0.05) is 12.1 Å². The maximum atomic E-state index is 13.7. The van der Waals surface area contributed by atoms with Crippen LogP contribution in [0.3, 0.4) is 0 Å². The van der Waals surface area contributed by atoms with Crippen LogP contribution in [-0.4, -0.2) is 9.55 Å². The lowest BCUT2D eigenvalue weighted by Crippen LogP contribution is -2.13. The lowest BCUT2D eigenvalue weighted by molar-refractivity contribution is 0.629. The number of halogens is 1. The summed E-state index contributed by atoms with van der Waals surface area (Å²) < 4.78 is 15.7. The molecule has 0 aliphatic rings. The average molecular weight is 358 g/mol. The van der Waals surface area contributed by atoms with E-state index < -0.39 is 5.82 Å². The van der Waals surface area contributed by atoms with Crippen LogP contribution in [0, 0.1) is 5.82 Å². The van der Waals surface area contributed by atoms with E-state index in [2.05, 4.69) is 4.98 Å². The van der Waals surface area contributed by atoms with Gasteiger partial charge in [0.15, 0.2) is 10.9 Å². The summed E-state index contributed by atoms with van der Waals surface area (Å²) in [5.74, 6) is -0.443. The molecule has 0 radical (unpaired) electrons. The molecule has 0 bridgehead atoms. The van der Waals surface area contributed by atoms with Gasteiger partial charge in [0.1, 0.15) is 5.82 Å². The molecule has 5 heteroatoms. The van der Waals surface area contributed by atoms with Gasteiger partial charge in [-0.2, -0.15) is 0 Å². The topological polar surface area (TPSA) is 54.9 Å². The van der Waals surface area contributed by atoms with Gasteiger partial charge < -0.3 is 9.55 Å². The summed E-state index contributed by atoms with van der Waals surface area (Å²) in [6, 6.07) is 15.0. The van der Waals surface area contributed by atoms with Crippen molar-refractivity contribution in [2.75, 3.05) is 0 Å². The number of H-pyrrole nitrogens is 1. The van der Waals surface area contributed by atoms with E-state index in [9.17, 15) is 14.0 Å². The zero-order valence-corrected chi connectivity index (χ0v) is 14.5. The molecule has 0 atom stereocenters. The third-order valence-electron chi connectivity index (χ3n) is 5.17. The lowest BCUT2D eigenvalue weighted by Gasteiger charge is -2.14. The summed E-state index contributed by atoms with van der Waals surface area (Å²) in [6.45, 7) is 2.55.